The average Bonchev–Trinajstić information content (AvgIpc) is 3.30. The first-order valence-corrected chi connectivity index (χ1v) is 13.9. The lowest BCUT2D eigenvalue weighted by molar-refractivity contribution is 0.0951. The summed E-state index contributed by atoms with van der Waals surface area (Å²) >= 11 is 0. The topological polar surface area (TPSA) is 105 Å². The maximum absolute atomic E-state index is 12.6. The third-order valence-electron chi connectivity index (χ3n) is 6.26. The lowest BCUT2D eigenvalue weighted by atomic mass is 10.1. The molecule has 0 spiro atoms. The van der Waals surface area contributed by atoms with Gasteiger partial charge in [-0.3, -0.25) is 4.79 Å². The Morgan fingerprint density at radius 3 is 2.29 bits per heavy atom. The van der Waals surface area contributed by atoms with E-state index in [-0.39, 0.29) is 10.8 Å². The van der Waals surface area contributed by atoms with Crippen LogP contribution in [0.3, 0.4) is 0 Å². The highest BCUT2D eigenvalue weighted by molar-refractivity contribution is 7.90. The Balaban J connectivity index is 1.29. The lowest BCUT2D eigenvalue weighted by Gasteiger charge is -2.07. The van der Waals surface area contributed by atoms with Crippen molar-refractivity contribution in [1.82, 2.24) is 19.9 Å². The number of benzene rings is 3. The first-order valence-electron chi connectivity index (χ1n) is 12.0. The lowest BCUT2D eigenvalue weighted by Crippen LogP contribution is -2.22. The molecule has 8 nitrogen and oxygen atoms in total. The predicted molar refractivity (Wildman–Crippen MR) is 148 cm³/mol. The van der Waals surface area contributed by atoms with Crippen LogP contribution in [0.2, 0.25) is 0 Å². The SMILES string of the molecule is Cc1ccc(CNC(=O)c2ccc(-c3ccc4nc(Nc5ccc(S(C)(=O)=O)cc5C)nn4c3)cc2)cc1. The molecule has 2 heterocycles. The molecule has 5 aromatic rings. The second kappa shape index (κ2) is 10.1. The summed E-state index contributed by atoms with van der Waals surface area (Å²) in [5.41, 5.74) is 6.86. The standard InChI is InChI=1S/C29H27N5O3S/c1-19-4-6-21(7-5-19)17-30-28(35)23-10-8-22(9-11-23)24-12-15-27-32-29(33-34(27)18-24)31-26-14-13-25(16-20(26)2)38(3,36)37/h4-16,18H,17H2,1-3H3,(H,30,35)(H,31,33). The summed E-state index contributed by atoms with van der Waals surface area (Å²) in [6.07, 6.45) is 3.06. The molecule has 3 aromatic carbocycles. The number of hydrogen-bond donors (Lipinski definition) is 2. The van der Waals surface area contributed by atoms with Crippen molar-refractivity contribution in [3.63, 3.8) is 0 Å². The minimum Gasteiger partial charge on any atom is -0.348 e. The average molecular weight is 526 g/mol. The largest absolute Gasteiger partial charge is 0.348 e. The van der Waals surface area contributed by atoms with Crippen molar-refractivity contribution in [3.05, 3.63) is 107 Å². The number of pyridine rings is 1. The predicted octanol–water partition coefficient (Wildman–Crippen LogP) is 5.09. The van der Waals surface area contributed by atoms with Crippen LogP contribution < -0.4 is 10.6 Å². The van der Waals surface area contributed by atoms with Gasteiger partial charge in [-0.2, -0.15) is 4.98 Å². The molecule has 1 amide bonds. The fourth-order valence-corrected chi connectivity index (χ4v) is 4.74. The highest BCUT2D eigenvalue weighted by atomic mass is 32.2. The summed E-state index contributed by atoms with van der Waals surface area (Å²) in [5, 5.41) is 10.6. The molecule has 0 atom stereocenters. The Morgan fingerprint density at radius 1 is 0.895 bits per heavy atom. The van der Waals surface area contributed by atoms with Gasteiger partial charge in [0.1, 0.15) is 0 Å². The Labute approximate surface area is 221 Å². The first kappa shape index (κ1) is 25.2. The maximum Gasteiger partial charge on any atom is 0.251 e. The highest BCUT2D eigenvalue weighted by Crippen LogP contribution is 2.24. The second-order valence-corrected chi connectivity index (χ2v) is 11.3. The Kier molecular flexibility index (Phi) is 6.69. The number of nitrogens with one attached hydrogen (secondary N) is 2. The number of hydrogen-bond acceptors (Lipinski definition) is 6. The normalized spacial score (nSPS) is 11.4. The summed E-state index contributed by atoms with van der Waals surface area (Å²) < 4.78 is 25.3. The molecule has 0 unspecified atom stereocenters. The van der Waals surface area contributed by atoms with E-state index >= 15 is 0 Å². The van der Waals surface area contributed by atoms with E-state index in [0.717, 1.165) is 27.9 Å². The molecule has 38 heavy (non-hydrogen) atoms. The smallest absolute Gasteiger partial charge is 0.251 e. The Bertz CT molecular complexity index is 1740. The molecule has 2 aromatic heterocycles. The molecule has 0 radical (unpaired) electrons. The van der Waals surface area contributed by atoms with E-state index in [1.165, 1.54) is 11.8 Å². The number of sulfone groups is 1. The number of carbonyl (C=O) groups is 1. The number of rotatable bonds is 7. The maximum atomic E-state index is 12.6. The van der Waals surface area contributed by atoms with Gasteiger partial charge < -0.3 is 10.6 Å². The van der Waals surface area contributed by atoms with Crippen molar-refractivity contribution in [1.29, 1.82) is 0 Å². The van der Waals surface area contributed by atoms with Crippen LogP contribution in [-0.2, 0) is 16.4 Å². The molecule has 0 fully saturated rings. The molecule has 0 saturated heterocycles. The molecule has 2 N–H and O–H groups in total. The van der Waals surface area contributed by atoms with Crippen LogP contribution in [0.5, 0.6) is 0 Å². The van der Waals surface area contributed by atoms with Gasteiger partial charge in [0.05, 0.1) is 4.90 Å². The molecular formula is C29H27N5O3S. The van der Waals surface area contributed by atoms with Crippen LogP contribution in [-0.4, -0.2) is 35.2 Å². The van der Waals surface area contributed by atoms with Crippen molar-refractivity contribution < 1.29 is 13.2 Å². The fraction of sp³-hybridized carbons (Fsp3) is 0.138. The van der Waals surface area contributed by atoms with Crippen molar-refractivity contribution in [3.8, 4) is 11.1 Å². The van der Waals surface area contributed by atoms with Gasteiger partial charge in [-0.1, -0.05) is 42.0 Å². The number of carbonyl (C=O) groups excluding carboxylic acids is 1. The van der Waals surface area contributed by atoms with Crippen molar-refractivity contribution >= 4 is 33.0 Å². The van der Waals surface area contributed by atoms with Crippen LogP contribution in [0.1, 0.15) is 27.0 Å². The summed E-state index contributed by atoms with van der Waals surface area (Å²) in [6.45, 7) is 4.34. The minimum atomic E-state index is -3.28. The number of nitrogens with zero attached hydrogens (tertiary/aromatic N) is 3. The molecule has 0 aliphatic rings. The summed E-state index contributed by atoms with van der Waals surface area (Å²) in [4.78, 5) is 17.4. The molecule has 0 bridgehead atoms. The molecular weight excluding hydrogens is 498 g/mol. The van der Waals surface area contributed by atoms with Crippen LogP contribution >= 0.6 is 0 Å². The Hall–Kier alpha value is -4.50. The van der Waals surface area contributed by atoms with Crippen LogP contribution in [0.4, 0.5) is 11.6 Å². The van der Waals surface area contributed by atoms with Gasteiger partial charge in [0.15, 0.2) is 15.5 Å². The number of amides is 1. The summed E-state index contributed by atoms with van der Waals surface area (Å²) in [5.74, 6) is 0.275. The van der Waals surface area contributed by atoms with E-state index in [2.05, 4.69) is 20.7 Å². The third-order valence-corrected chi connectivity index (χ3v) is 7.37. The zero-order valence-corrected chi connectivity index (χ0v) is 22.1. The van der Waals surface area contributed by atoms with E-state index in [0.29, 0.717) is 23.7 Å². The van der Waals surface area contributed by atoms with Crippen LogP contribution in [0.25, 0.3) is 16.8 Å². The van der Waals surface area contributed by atoms with Crippen LogP contribution in [0, 0.1) is 13.8 Å². The molecule has 0 aliphatic heterocycles. The fourth-order valence-electron chi connectivity index (χ4n) is 4.04. The van der Waals surface area contributed by atoms with Crippen molar-refractivity contribution in [2.45, 2.75) is 25.3 Å². The second-order valence-electron chi connectivity index (χ2n) is 9.28. The highest BCUT2D eigenvalue weighted by Gasteiger charge is 2.12. The minimum absolute atomic E-state index is 0.126. The van der Waals surface area contributed by atoms with Gasteiger partial charge in [-0.05, 0) is 73.0 Å². The van der Waals surface area contributed by atoms with Gasteiger partial charge in [0.2, 0.25) is 5.95 Å². The van der Waals surface area contributed by atoms with E-state index in [1.807, 2.05) is 68.6 Å². The van der Waals surface area contributed by atoms with E-state index in [9.17, 15) is 13.2 Å². The van der Waals surface area contributed by atoms with E-state index in [1.54, 1.807) is 34.8 Å². The first-order chi connectivity index (χ1) is 18.2. The number of aromatic nitrogens is 3. The molecule has 9 heteroatoms. The Morgan fingerprint density at radius 2 is 1.61 bits per heavy atom. The third kappa shape index (κ3) is 5.57. The van der Waals surface area contributed by atoms with Crippen molar-refractivity contribution in [2.24, 2.45) is 0 Å². The van der Waals surface area contributed by atoms with Gasteiger partial charge >= 0.3 is 0 Å². The summed E-state index contributed by atoms with van der Waals surface area (Å²) in [7, 11) is -3.28. The molecule has 0 saturated carbocycles. The van der Waals surface area contributed by atoms with Gasteiger partial charge in [-0.15, -0.1) is 5.10 Å². The quantitative estimate of drug-likeness (QED) is 0.307. The van der Waals surface area contributed by atoms with E-state index < -0.39 is 9.84 Å². The zero-order chi connectivity index (χ0) is 26.9. The monoisotopic (exact) mass is 525 g/mol. The summed E-state index contributed by atoms with van der Waals surface area (Å²) in [6, 6.07) is 24.2. The number of anilines is 2. The van der Waals surface area contributed by atoms with E-state index in [4.69, 9.17) is 0 Å². The van der Waals surface area contributed by atoms with Gasteiger partial charge in [-0.25, -0.2) is 12.9 Å². The van der Waals surface area contributed by atoms with Gasteiger partial charge in [0.25, 0.3) is 5.91 Å². The molecule has 0 aliphatic carbocycles. The zero-order valence-electron chi connectivity index (χ0n) is 21.3. The molecule has 192 valence electrons. The molecule has 5 rings (SSSR count). The number of aryl methyl sites for hydroxylation is 2. The van der Waals surface area contributed by atoms with Crippen LogP contribution in [0.15, 0.2) is 90.0 Å². The van der Waals surface area contributed by atoms with Gasteiger partial charge in [0, 0.05) is 35.8 Å². The number of fused-ring (bicyclic) bond motifs is 1. The van der Waals surface area contributed by atoms with Crippen molar-refractivity contribution in [2.75, 3.05) is 11.6 Å².